The van der Waals surface area contributed by atoms with E-state index in [1.54, 1.807) is 7.11 Å². The van der Waals surface area contributed by atoms with Crippen LogP contribution in [0, 0.1) is 0 Å². The van der Waals surface area contributed by atoms with Gasteiger partial charge in [-0.05, 0) is 13.0 Å². The van der Waals surface area contributed by atoms with Crippen molar-refractivity contribution in [2.45, 2.75) is 13.5 Å². The van der Waals surface area contributed by atoms with Crippen LogP contribution in [-0.4, -0.2) is 37.1 Å². The number of halogens is 1. The lowest BCUT2D eigenvalue weighted by Crippen LogP contribution is -2.16. The summed E-state index contributed by atoms with van der Waals surface area (Å²) >= 11 is 0. The molecular formula is C11H14FNO4S. The van der Waals surface area contributed by atoms with Gasteiger partial charge in [-0.15, -0.1) is 3.89 Å². The Morgan fingerprint density at radius 2 is 2.00 bits per heavy atom. The quantitative estimate of drug-likeness (QED) is 0.436. The molecule has 0 unspecified atom stereocenters. The summed E-state index contributed by atoms with van der Waals surface area (Å²) < 4.78 is 43.0. The van der Waals surface area contributed by atoms with Crippen molar-refractivity contribution >= 4 is 16.4 Å². The summed E-state index contributed by atoms with van der Waals surface area (Å²) in [5.41, 5.74) is 2.60. The maximum absolute atomic E-state index is 10.1. The SMILES string of the molecule is CC[N+]1=C(OC)c2ccccc2C1.O=S(=O)([O-])F. The van der Waals surface area contributed by atoms with Crippen LogP contribution < -0.4 is 0 Å². The van der Waals surface area contributed by atoms with Gasteiger partial charge >= 0.3 is 5.90 Å². The summed E-state index contributed by atoms with van der Waals surface area (Å²) in [5.74, 6) is 1.01. The molecular weight excluding hydrogens is 261 g/mol. The Bertz CT molecular complexity index is 546. The maximum Gasteiger partial charge on any atom is 0.370 e. The normalized spacial score (nSPS) is 13.8. The lowest BCUT2D eigenvalue weighted by Gasteiger charge is -1.97. The fourth-order valence-electron chi connectivity index (χ4n) is 1.81. The van der Waals surface area contributed by atoms with Gasteiger partial charge in [0.2, 0.25) is 0 Å². The second-order valence-corrected chi connectivity index (χ2v) is 4.36. The first-order chi connectivity index (χ1) is 8.36. The van der Waals surface area contributed by atoms with Crippen molar-refractivity contribution < 1.29 is 26.2 Å². The molecule has 1 aromatic rings. The summed E-state index contributed by atoms with van der Waals surface area (Å²) in [7, 11) is -3.68. The lowest BCUT2D eigenvalue weighted by atomic mass is 10.1. The first-order valence-corrected chi connectivity index (χ1v) is 6.57. The van der Waals surface area contributed by atoms with Crippen molar-refractivity contribution in [3.05, 3.63) is 35.4 Å². The Kier molecular flexibility index (Phi) is 4.80. The number of hydrogen-bond donors (Lipinski definition) is 0. The predicted molar refractivity (Wildman–Crippen MR) is 62.9 cm³/mol. The van der Waals surface area contributed by atoms with Gasteiger partial charge in [0.05, 0.1) is 12.7 Å². The molecule has 1 aromatic carbocycles. The molecule has 0 atom stereocenters. The molecule has 0 amide bonds. The van der Waals surface area contributed by atoms with Crippen molar-refractivity contribution in [2.24, 2.45) is 0 Å². The van der Waals surface area contributed by atoms with Crippen molar-refractivity contribution in [3.63, 3.8) is 0 Å². The van der Waals surface area contributed by atoms with Gasteiger partial charge in [-0.3, -0.25) is 0 Å². The largest absolute Gasteiger partial charge is 0.722 e. The van der Waals surface area contributed by atoms with Crippen LogP contribution in [0.25, 0.3) is 0 Å². The summed E-state index contributed by atoms with van der Waals surface area (Å²) in [6.45, 7) is 4.12. The second-order valence-electron chi connectivity index (χ2n) is 3.57. The number of rotatable bonds is 1. The van der Waals surface area contributed by atoms with E-state index >= 15 is 0 Å². The van der Waals surface area contributed by atoms with Crippen LogP contribution in [0.3, 0.4) is 0 Å². The molecule has 0 N–H and O–H groups in total. The van der Waals surface area contributed by atoms with E-state index in [1.165, 1.54) is 11.1 Å². The minimum Gasteiger partial charge on any atom is -0.722 e. The molecule has 0 spiro atoms. The van der Waals surface area contributed by atoms with Gasteiger partial charge in [-0.1, -0.05) is 18.2 Å². The molecule has 1 aliphatic heterocycles. The average molecular weight is 275 g/mol. The molecule has 1 aliphatic rings. The Balaban J connectivity index is 0.000000280. The third-order valence-corrected chi connectivity index (χ3v) is 2.47. The first-order valence-electron chi connectivity index (χ1n) is 5.26. The summed E-state index contributed by atoms with van der Waals surface area (Å²) in [5, 5.41) is 0. The van der Waals surface area contributed by atoms with Gasteiger partial charge in [0, 0.05) is 5.56 Å². The van der Waals surface area contributed by atoms with Crippen LogP contribution in [0.2, 0.25) is 0 Å². The Labute approximate surface area is 106 Å². The number of benzene rings is 1. The number of ether oxygens (including phenoxy) is 1. The highest BCUT2D eigenvalue weighted by Crippen LogP contribution is 2.18. The molecule has 0 saturated heterocycles. The molecule has 0 bridgehead atoms. The predicted octanol–water partition coefficient (Wildman–Crippen LogP) is 1.04. The van der Waals surface area contributed by atoms with E-state index in [0.717, 1.165) is 19.0 Å². The number of nitrogens with zero attached hydrogens (tertiary/aromatic N) is 1. The zero-order valence-electron chi connectivity index (χ0n) is 10.1. The van der Waals surface area contributed by atoms with Crippen LogP contribution in [0.1, 0.15) is 18.1 Å². The van der Waals surface area contributed by atoms with E-state index in [-0.39, 0.29) is 0 Å². The second kappa shape index (κ2) is 5.92. The molecule has 100 valence electrons. The lowest BCUT2D eigenvalue weighted by molar-refractivity contribution is -0.542. The van der Waals surface area contributed by atoms with Gasteiger partial charge in [0.1, 0.15) is 6.54 Å². The van der Waals surface area contributed by atoms with E-state index in [1.807, 2.05) is 0 Å². The van der Waals surface area contributed by atoms with E-state index < -0.39 is 10.5 Å². The monoisotopic (exact) mass is 275 g/mol. The smallest absolute Gasteiger partial charge is 0.370 e. The summed E-state index contributed by atoms with van der Waals surface area (Å²) in [4.78, 5) is 0. The van der Waals surface area contributed by atoms with Crippen molar-refractivity contribution in [1.82, 2.24) is 0 Å². The molecule has 2 rings (SSSR count). The van der Waals surface area contributed by atoms with Gasteiger partial charge in [0.25, 0.3) is 10.5 Å². The Morgan fingerprint density at radius 1 is 1.44 bits per heavy atom. The summed E-state index contributed by atoms with van der Waals surface area (Å²) in [6.07, 6.45) is 0. The number of fused-ring (bicyclic) bond motifs is 1. The molecule has 0 aliphatic carbocycles. The van der Waals surface area contributed by atoms with Crippen LogP contribution in [0.5, 0.6) is 0 Å². The molecule has 0 radical (unpaired) electrons. The minimum absolute atomic E-state index is 0.982. The molecule has 5 nitrogen and oxygen atoms in total. The molecule has 0 fully saturated rings. The van der Waals surface area contributed by atoms with E-state index in [4.69, 9.17) is 17.7 Å². The Hall–Kier alpha value is -1.47. The fraction of sp³-hybridized carbons (Fsp3) is 0.364. The molecule has 0 saturated carbocycles. The third-order valence-electron chi connectivity index (χ3n) is 2.47. The molecule has 18 heavy (non-hydrogen) atoms. The number of methoxy groups -OCH3 is 1. The van der Waals surface area contributed by atoms with Gasteiger partial charge in [0.15, 0.2) is 6.54 Å². The zero-order chi connectivity index (χ0) is 13.8. The van der Waals surface area contributed by atoms with Crippen molar-refractivity contribution in [2.75, 3.05) is 13.7 Å². The van der Waals surface area contributed by atoms with Crippen LogP contribution >= 0.6 is 0 Å². The Morgan fingerprint density at radius 3 is 2.50 bits per heavy atom. The maximum atomic E-state index is 10.1. The minimum atomic E-state index is -5.42. The topological polar surface area (TPSA) is 69.4 Å². The van der Waals surface area contributed by atoms with Crippen LogP contribution in [0.4, 0.5) is 3.89 Å². The first kappa shape index (κ1) is 14.6. The molecule has 1 heterocycles. The van der Waals surface area contributed by atoms with Gasteiger partial charge in [-0.2, -0.15) is 4.58 Å². The highest BCUT2D eigenvalue weighted by atomic mass is 32.3. The molecule has 0 aromatic heterocycles. The summed E-state index contributed by atoms with van der Waals surface area (Å²) in [6, 6.07) is 8.40. The zero-order valence-corrected chi connectivity index (χ0v) is 10.9. The van der Waals surface area contributed by atoms with E-state index in [9.17, 15) is 3.89 Å². The van der Waals surface area contributed by atoms with Gasteiger partial charge < -0.3 is 9.29 Å². The number of hydrogen-bond acceptors (Lipinski definition) is 4. The fourth-order valence-corrected chi connectivity index (χ4v) is 1.81. The standard InChI is InChI=1S/C11H14NO.FHO3S/c1-3-12-8-9-6-4-5-7-10(9)11(12)13-2;1-5(2,3)4/h4-7H,3,8H2,1-2H3;(H,2,3,4)/q+1;/p-1. The average Bonchev–Trinajstić information content (AvgIpc) is 2.64. The van der Waals surface area contributed by atoms with Gasteiger partial charge in [-0.25, -0.2) is 8.42 Å². The van der Waals surface area contributed by atoms with Crippen molar-refractivity contribution in [3.8, 4) is 0 Å². The van der Waals surface area contributed by atoms with Crippen LogP contribution in [-0.2, 0) is 21.8 Å². The van der Waals surface area contributed by atoms with Crippen molar-refractivity contribution in [1.29, 1.82) is 0 Å². The van der Waals surface area contributed by atoms with Crippen LogP contribution in [0.15, 0.2) is 24.3 Å². The highest BCUT2D eigenvalue weighted by Gasteiger charge is 2.28. The van der Waals surface area contributed by atoms with E-state index in [0.29, 0.717) is 0 Å². The van der Waals surface area contributed by atoms with E-state index in [2.05, 4.69) is 35.8 Å². The molecule has 7 heteroatoms. The highest BCUT2D eigenvalue weighted by molar-refractivity contribution is 7.80. The third kappa shape index (κ3) is 4.08.